The normalized spacial score (nSPS) is 24.9. The standard InChI is InChI=1S/C19H20F7N3O3/c1-9-16(30)27-4-5-29(9)17(31)28-15(11-6-12(7-11)18(21,22)23)10-2-3-14(13(20)8-10)32-19(24,25)26/h2-3,8-9,11-12,15H,4-7H2,1H3,(H,27,30)(H,28,31)/t9-,11?,12?,15-/m1/s1. The van der Waals surface area contributed by atoms with Gasteiger partial charge in [-0.15, -0.1) is 13.2 Å². The van der Waals surface area contributed by atoms with Crippen LogP contribution in [-0.2, 0) is 4.79 Å². The van der Waals surface area contributed by atoms with Gasteiger partial charge in [0.2, 0.25) is 5.91 Å². The van der Waals surface area contributed by atoms with Gasteiger partial charge in [0.1, 0.15) is 6.04 Å². The number of carbonyl (C=O) groups is 2. The van der Waals surface area contributed by atoms with Crippen molar-refractivity contribution < 1.29 is 45.1 Å². The molecule has 6 nitrogen and oxygen atoms in total. The van der Waals surface area contributed by atoms with E-state index in [9.17, 15) is 40.3 Å². The molecule has 0 radical (unpaired) electrons. The van der Waals surface area contributed by atoms with E-state index >= 15 is 0 Å². The molecule has 32 heavy (non-hydrogen) atoms. The zero-order valence-corrected chi connectivity index (χ0v) is 16.7. The Balaban J connectivity index is 1.82. The molecule has 1 heterocycles. The number of piperazine rings is 1. The third-order valence-corrected chi connectivity index (χ3v) is 5.69. The van der Waals surface area contributed by atoms with E-state index < -0.39 is 60.0 Å². The highest BCUT2D eigenvalue weighted by Crippen LogP contribution is 2.49. The summed E-state index contributed by atoms with van der Waals surface area (Å²) in [7, 11) is 0. The number of nitrogens with zero attached hydrogens (tertiary/aromatic N) is 1. The molecule has 0 unspecified atom stereocenters. The van der Waals surface area contributed by atoms with Crippen LogP contribution in [0.2, 0.25) is 0 Å². The Morgan fingerprint density at radius 1 is 1.22 bits per heavy atom. The lowest BCUT2D eigenvalue weighted by atomic mass is 9.69. The van der Waals surface area contributed by atoms with Crippen LogP contribution in [0.4, 0.5) is 35.5 Å². The predicted molar refractivity (Wildman–Crippen MR) is 95.8 cm³/mol. The smallest absolute Gasteiger partial charge is 0.403 e. The molecule has 13 heteroatoms. The van der Waals surface area contributed by atoms with Crippen LogP contribution < -0.4 is 15.4 Å². The number of ether oxygens (including phenoxy) is 1. The maximum absolute atomic E-state index is 14.2. The summed E-state index contributed by atoms with van der Waals surface area (Å²) in [6, 6.07) is -0.236. The maximum atomic E-state index is 14.2. The molecule has 1 aliphatic heterocycles. The fourth-order valence-electron chi connectivity index (χ4n) is 3.87. The Morgan fingerprint density at radius 3 is 2.44 bits per heavy atom. The van der Waals surface area contributed by atoms with Crippen LogP contribution in [0.25, 0.3) is 0 Å². The van der Waals surface area contributed by atoms with Crippen molar-refractivity contribution in [1.29, 1.82) is 0 Å². The van der Waals surface area contributed by atoms with Crippen molar-refractivity contribution in [3.05, 3.63) is 29.6 Å². The van der Waals surface area contributed by atoms with Crippen LogP contribution >= 0.6 is 0 Å². The van der Waals surface area contributed by atoms with Gasteiger partial charge in [0.15, 0.2) is 11.6 Å². The average Bonchev–Trinajstić information content (AvgIpc) is 2.61. The van der Waals surface area contributed by atoms with E-state index in [-0.39, 0.29) is 31.5 Å². The second kappa shape index (κ2) is 8.66. The highest BCUT2D eigenvalue weighted by molar-refractivity contribution is 5.88. The molecule has 0 bridgehead atoms. The van der Waals surface area contributed by atoms with Gasteiger partial charge in [0.05, 0.1) is 12.0 Å². The SMILES string of the molecule is C[C@@H]1C(=O)NCCN1C(=O)N[C@H](c1ccc(OC(F)(F)F)c(F)c1)C1CC(C(F)(F)F)C1. The lowest BCUT2D eigenvalue weighted by molar-refractivity contribution is -0.275. The van der Waals surface area contributed by atoms with Gasteiger partial charge in [0, 0.05) is 13.1 Å². The van der Waals surface area contributed by atoms with Crippen LogP contribution in [0.3, 0.4) is 0 Å². The van der Waals surface area contributed by atoms with Crippen molar-refractivity contribution >= 4 is 11.9 Å². The molecule has 1 aliphatic carbocycles. The molecular formula is C19H20F7N3O3. The highest BCUT2D eigenvalue weighted by atomic mass is 19.4. The van der Waals surface area contributed by atoms with Gasteiger partial charge in [-0.2, -0.15) is 13.2 Å². The number of benzene rings is 1. The Bertz CT molecular complexity index is 869. The first-order chi connectivity index (χ1) is 14.8. The molecule has 1 aromatic rings. The Kier molecular flexibility index (Phi) is 6.47. The Labute approximate surface area is 178 Å². The number of carbonyl (C=O) groups excluding carboxylic acids is 2. The number of rotatable bonds is 4. The fourth-order valence-corrected chi connectivity index (χ4v) is 3.87. The van der Waals surface area contributed by atoms with Crippen LogP contribution in [0.1, 0.15) is 31.4 Å². The minimum Gasteiger partial charge on any atom is -0.403 e. The van der Waals surface area contributed by atoms with Crippen molar-refractivity contribution in [3.63, 3.8) is 0 Å². The number of amides is 3. The third kappa shape index (κ3) is 5.36. The number of hydrogen-bond donors (Lipinski definition) is 2. The largest absolute Gasteiger partial charge is 0.573 e. The van der Waals surface area contributed by atoms with E-state index in [0.29, 0.717) is 12.1 Å². The molecule has 0 aromatic heterocycles. The minimum atomic E-state index is -5.13. The van der Waals surface area contributed by atoms with E-state index in [2.05, 4.69) is 15.4 Å². The fraction of sp³-hybridized carbons (Fsp3) is 0.579. The minimum absolute atomic E-state index is 0.00915. The zero-order chi connectivity index (χ0) is 23.8. The quantitative estimate of drug-likeness (QED) is 0.655. The number of alkyl halides is 6. The van der Waals surface area contributed by atoms with Gasteiger partial charge in [0.25, 0.3) is 0 Å². The first kappa shape index (κ1) is 23.9. The Hall–Kier alpha value is -2.73. The van der Waals surface area contributed by atoms with Gasteiger partial charge < -0.3 is 20.3 Å². The van der Waals surface area contributed by atoms with E-state index in [1.54, 1.807) is 0 Å². The zero-order valence-electron chi connectivity index (χ0n) is 16.7. The lowest BCUT2D eigenvalue weighted by Gasteiger charge is -2.42. The van der Waals surface area contributed by atoms with E-state index in [0.717, 1.165) is 6.07 Å². The first-order valence-electron chi connectivity index (χ1n) is 9.73. The second-order valence-electron chi connectivity index (χ2n) is 7.80. The summed E-state index contributed by atoms with van der Waals surface area (Å²) < 4.78 is 93.8. The monoisotopic (exact) mass is 471 g/mol. The molecule has 178 valence electrons. The second-order valence-corrected chi connectivity index (χ2v) is 7.80. The highest BCUT2D eigenvalue weighted by Gasteiger charge is 2.50. The summed E-state index contributed by atoms with van der Waals surface area (Å²) in [5.41, 5.74) is -0.00915. The maximum Gasteiger partial charge on any atom is 0.573 e. The number of halogens is 7. The van der Waals surface area contributed by atoms with Crippen LogP contribution in [0, 0.1) is 17.7 Å². The number of urea groups is 1. The van der Waals surface area contributed by atoms with E-state index in [1.807, 2.05) is 0 Å². The molecule has 1 aromatic carbocycles. The van der Waals surface area contributed by atoms with Crippen molar-refractivity contribution in [2.24, 2.45) is 11.8 Å². The predicted octanol–water partition coefficient (Wildman–Crippen LogP) is 3.88. The molecule has 1 saturated heterocycles. The van der Waals surface area contributed by atoms with Crippen molar-refractivity contribution in [1.82, 2.24) is 15.5 Å². The first-order valence-corrected chi connectivity index (χ1v) is 9.73. The molecule has 3 rings (SSSR count). The molecule has 2 fully saturated rings. The van der Waals surface area contributed by atoms with Gasteiger partial charge >= 0.3 is 18.6 Å². The number of hydrogen-bond acceptors (Lipinski definition) is 3. The summed E-state index contributed by atoms with van der Waals surface area (Å²) >= 11 is 0. The van der Waals surface area contributed by atoms with Gasteiger partial charge in [-0.25, -0.2) is 9.18 Å². The van der Waals surface area contributed by atoms with Gasteiger partial charge in [-0.05, 0) is 43.4 Å². The molecule has 0 spiro atoms. The molecule has 2 N–H and O–H groups in total. The van der Waals surface area contributed by atoms with Crippen LogP contribution in [0.15, 0.2) is 18.2 Å². The molecule has 3 amide bonds. The lowest BCUT2D eigenvalue weighted by Crippen LogP contribution is -2.59. The molecule has 2 aliphatic rings. The average molecular weight is 471 g/mol. The summed E-state index contributed by atoms with van der Waals surface area (Å²) in [6.07, 6.45) is -10.2. The molecule has 2 atom stereocenters. The molecule has 1 saturated carbocycles. The van der Waals surface area contributed by atoms with Crippen LogP contribution in [0.5, 0.6) is 5.75 Å². The summed E-state index contributed by atoms with van der Waals surface area (Å²) in [5, 5.41) is 5.09. The van der Waals surface area contributed by atoms with Crippen molar-refractivity contribution in [3.8, 4) is 5.75 Å². The Morgan fingerprint density at radius 2 is 1.88 bits per heavy atom. The molecular weight excluding hydrogens is 451 g/mol. The van der Waals surface area contributed by atoms with E-state index in [1.165, 1.54) is 11.8 Å². The topological polar surface area (TPSA) is 70.7 Å². The van der Waals surface area contributed by atoms with Crippen molar-refractivity contribution in [2.45, 2.75) is 44.4 Å². The summed E-state index contributed by atoms with van der Waals surface area (Å²) in [6.45, 7) is 1.79. The summed E-state index contributed by atoms with van der Waals surface area (Å²) in [5.74, 6) is -5.22. The van der Waals surface area contributed by atoms with E-state index in [4.69, 9.17) is 0 Å². The van der Waals surface area contributed by atoms with Crippen LogP contribution in [-0.4, -0.2) is 48.5 Å². The third-order valence-electron chi connectivity index (χ3n) is 5.69. The van der Waals surface area contributed by atoms with Gasteiger partial charge in [-0.1, -0.05) is 6.07 Å². The summed E-state index contributed by atoms with van der Waals surface area (Å²) in [4.78, 5) is 25.7. The number of nitrogens with one attached hydrogen (secondary N) is 2. The van der Waals surface area contributed by atoms with Gasteiger partial charge in [-0.3, -0.25) is 4.79 Å². The van der Waals surface area contributed by atoms with Crippen molar-refractivity contribution in [2.75, 3.05) is 13.1 Å².